The van der Waals surface area contributed by atoms with E-state index in [0.29, 0.717) is 10.6 Å². The molecule has 0 N–H and O–H groups in total. The van der Waals surface area contributed by atoms with Crippen molar-refractivity contribution in [2.24, 2.45) is 0 Å². The minimum atomic E-state index is -1.62. The zero-order valence-electron chi connectivity index (χ0n) is 12.8. The van der Waals surface area contributed by atoms with Crippen molar-refractivity contribution in [1.82, 2.24) is 4.90 Å². The number of hydrogen-bond donors (Lipinski definition) is 0. The number of carbonyl (C=O) groups excluding carboxylic acids is 1. The fourth-order valence-electron chi connectivity index (χ4n) is 2.74. The van der Waals surface area contributed by atoms with Crippen molar-refractivity contribution in [2.75, 3.05) is 0 Å². The van der Waals surface area contributed by atoms with Gasteiger partial charge in [0.15, 0.2) is 0 Å². The van der Waals surface area contributed by atoms with Gasteiger partial charge in [0.2, 0.25) is 0 Å². The maximum atomic E-state index is 13.0. The first-order valence-corrected chi connectivity index (χ1v) is 10.9. The third-order valence-corrected chi connectivity index (χ3v) is 6.16. The van der Waals surface area contributed by atoms with E-state index in [2.05, 4.69) is 37.9 Å². The van der Waals surface area contributed by atoms with Crippen molar-refractivity contribution in [2.45, 2.75) is 45.6 Å². The highest BCUT2D eigenvalue weighted by Gasteiger charge is 2.33. The average molecular weight is 308 g/mol. The molecule has 1 aliphatic rings. The predicted octanol–water partition coefficient (Wildman–Crippen LogP) is 3.67. The summed E-state index contributed by atoms with van der Waals surface area (Å²) < 4.78 is 0. The Morgan fingerprint density at radius 3 is 2.20 bits per heavy atom. The summed E-state index contributed by atoms with van der Waals surface area (Å²) in [7, 11) is -1.62. The molecule has 2 unspecified atom stereocenters. The van der Waals surface area contributed by atoms with Crippen molar-refractivity contribution in [3.63, 3.8) is 0 Å². The van der Waals surface area contributed by atoms with Crippen molar-refractivity contribution in [1.29, 1.82) is 0 Å². The lowest BCUT2D eigenvalue weighted by Crippen LogP contribution is -2.47. The van der Waals surface area contributed by atoms with Gasteiger partial charge in [-0.3, -0.25) is 4.79 Å². The van der Waals surface area contributed by atoms with Crippen molar-refractivity contribution in [3.05, 3.63) is 40.9 Å². The van der Waals surface area contributed by atoms with Gasteiger partial charge in [-0.15, -0.1) is 0 Å². The number of nitrogens with zero attached hydrogens (tertiary/aromatic N) is 1. The van der Waals surface area contributed by atoms with Crippen LogP contribution in [0.5, 0.6) is 0 Å². The van der Waals surface area contributed by atoms with E-state index in [0.717, 1.165) is 5.19 Å². The minimum absolute atomic E-state index is 0.0537. The van der Waals surface area contributed by atoms with Crippen LogP contribution in [0.1, 0.15) is 24.2 Å². The van der Waals surface area contributed by atoms with Crippen molar-refractivity contribution < 1.29 is 4.79 Å². The Labute approximate surface area is 127 Å². The molecular formula is C16H22ClNOSi. The van der Waals surface area contributed by atoms with E-state index in [1.165, 1.54) is 0 Å². The highest BCUT2D eigenvalue weighted by atomic mass is 35.5. The molecule has 108 valence electrons. The smallest absolute Gasteiger partial charge is 0.256 e. The molecule has 0 radical (unpaired) electrons. The van der Waals surface area contributed by atoms with Crippen LogP contribution in [0.25, 0.3) is 0 Å². The summed E-state index contributed by atoms with van der Waals surface area (Å²) >= 11 is 6.36. The summed E-state index contributed by atoms with van der Waals surface area (Å²) in [5.41, 5.74) is 0.704. The van der Waals surface area contributed by atoms with E-state index < -0.39 is 8.07 Å². The molecule has 2 atom stereocenters. The Hall–Kier alpha value is -1.06. The first-order valence-electron chi connectivity index (χ1n) is 7.03. The van der Waals surface area contributed by atoms with Crippen LogP contribution in [0, 0.1) is 0 Å². The fourth-order valence-corrected chi connectivity index (χ4v) is 4.67. The SMILES string of the molecule is CC1C=CC(C)N1C(=O)c1c(Cl)cccc1[Si](C)(C)C. The molecule has 0 saturated heterocycles. The molecule has 2 rings (SSSR count). The van der Waals surface area contributed by atoms with Gasteiger partial charge in [-0.05, 0) is 25.1 Å². The third kappa shape index (κ3) is 2.70. The summed E-state index contributed by atoms with van der Waals surface area (Å²) in [5, 5.41) is 1.71. The highest BCUT2D eigenvalue weighted by molar-refractivity contribution is 6.89. The van der Waals surface area contributed by atoms with E-state index >= 15 is 0 Å². The lowest BCUT2D eigenvalue weighted by atomic mass is 10.1. The minimum Gasteiger partial charge on any atom is -0.326 e. The summed E-state index contributed by atoms with van der Waals surface area (Å²) in [6.45, 7) is 10.8. The Bertz CT molecular complexity index is 550. The van der Waals surface area contributed by atoms with Gasteiger partial charge in [0.1, 0.15) is 0 Å². The van der Waals surface area contributed by atoms with Gasteiger partial charge in [-0.2, -0.15) is 0 Å². The molecule has 0 spiro atoms. The quantitative estimate of drug-likeness (QED) is 0.603. The van der Waals surface area contributed by atoms with E-state index in [4.69, 9.17) is 11.6 Å². The first kappa shape index (κ1) is 15.3. The van der Waals surface area contributed by atoms with E-state index in [1.54, 1.807) is 0 Å². The maximum absolute atomic E-state index is 13.0. The van der Waals surface area contributed by atoms with Crippen LogP contribution in [-0.4, -0.2) is 31.0 Å². The number of amides is 1. The number of carbonyl (C=O) groups is 1. The first-order chi connectivity index (χ1) is 9.23. The molecule has 1 heterocycles. The fraction of sp³-hybridized carbons (Fsp3) is 0.438. The second-order valence-electron chi connectivity index (χ2n) is 6.49. The van der Waals surface area contributed by atoms with Crippen molar-refractivity contribution >= 4 is 30.8 Å². The van der Waals surface area contributed by atoms with Gasteiger partial charge in [0.05, 0.1) is 18.7 Å². The molecule has 0 fully saturated rings. The molecular weight excluding hydrogens is 286 g/mol. The number of hydrogen-bond acceptors (Lipinski definition) is 1. The molecule has 1 amide bonds. The number of halogens is 1. The molecule has 1 aromatic rings. The van der Waals surface area contributed by atoms with Crippen LogP contribution in [-0.2, 0) is 0 Å². The van der Waals surface area contributed by atoms with E-state index in [-0.39, 0.29) is 18.0 Å². The molecule has 0 aliphatic carbocycles. The molecule has 20 heavy (non-hydrogen) atoms. The van der Waals surface area contributed by atoms with Crippen LogP contribution in [0.15, 0.2) is 30.4 Å². The molecule has 0 bridgehead atoms. The van der Waals surface area contributed by atoms with Gasteiger partial charge < -0.3 is 4.90 Å². The molecule has 4 heteroatoms. The van der Waals surface area contributed by atoms with Gasteiger partial charge in [-0.25, -0.2) is 0 Å². The van der Waals surface area contributed by atoms with Gasteiger partial charge in [0.25, 0.3) is 5.91 Å². The summed E-state index contributed by atoms with van der Waals surface area (Å²) in [5.74, 6) is 0.0537. The van der Waals surface area contributed by atoms with Crippen molar-refractivity contribution in [3.8, 4) is 0 Å². The standard InChI is InChI=1S/C16H22ClNOSi/c1-11-9-10-12(2)18(11)16(19)15-13(17)7-6-8-14(15)20(3,4)5/h6-12H,1-5H3. The summed E-state index contributed by atoms with van der Waals surface area (Å²) in [4.78, 5) is 14.9. The molecule has 2 nitrogen and oxygen atoms in total. The largest absolute Gasteiger partial charge is 0.326 e. The highest BCUT2D eigenvalue weighted by Crippen LogP contribution is 2.24. The molecule has 0 aromatic heterocycles. The van der Waals surface area contributed by atoms with Gasteiger partial charge in [-0.1, -0.05) is 55.5 Å². The summed E-state index contributed by atoms with van der Waals surface area (Å²) in [6, 6.07) is 6.08. The number of benzene rings is 1. The Morgan fingerprint density at radius 2 is 1.70 bits per heavy atom. The van der Waals surface area contributed by atoms with Crippen LogP contribution in [0.3, 0.4) is 0 Å². The van der Waals surface area contributed by atoms with Gasteiger partial charge in [0, 0.05) is 12.1 Å². The van der Waals surface area contributed by atoms with Crippen LogP contribution in [0.2, 0.25) is 24.7 Å². The second kappa shape index (κ2) is 5.38. The third-order valence-electron chi connectivity index (χ3n) is 3.82. The van der Waals surface area contributed by atoms with E-state index in [9.17, 15) is 4.79 Å². The van der Waals surface area contributed by atoms with Crippen LogP contribution in [0.4, 0.5) is 0 Å². The topological polar surface area (TPSA) is 20.3 Å². The van der Waals surface area contributed by atoms with Gasteiger partial charge >= 0.3 is 0 Å². The summed E-state index contributed by atoms with van der Waals surface area (Å²) in [6.07, 6.45) is 4.15. The monoisotopic (exact) mass is 307 g/mol. The normalized spacial score (nSPS) is 22.4. The Balaban J connectivity index is 2.50. The average Bonchev–Trinajstić information content (AvgIpc) is 2.67. The van der Waals surface area contributed by atoms with Crippen LogP contribution >= 0.6 is 11.6 Å². The molecule has 1 aliphatic heterocycles. The zero-order valence-corrected chi connectivity index (χ0v) is 14.5. The lowest BCUT2D eigenvalue weighted by Gasteiger charge is -2.30. The Morgan fingerprint density at radius 1 is 1.15 bits per heavy atom. The van der Waals surface area contributed by atoms with E-state index in [1.807, 2.05) is 30.9 Å². The molecule has 1 aromatic carbocycles. The number of rotatable bonds is 2. The van der Waals surface area contributed by atoms with Crippen LogP contribution < -0.4 is 5.19 Å². The Kier molecular flexibility index (Phi) is 4.12. The maximum Gasteiger partial charge on any atom is 0.256 e. The zero-order chi connectivity index (χ0) is 15.1. The second-order valence-corrected chi connectivity index (χ2v) is 11.9. The lowest BCUT2D eigenvalue weighted by molar-refractivity contribution is 0.0711. The molecule has 0 saturated carbocycles. The predicted molar refractivity (Wildman–Crippen MR) is 88.7 cm³/mol.